The molecule has 0 aliphatic carbocycles. The molecule has 6 nitrogen and oxygen atoms in total. The van der Waals surface area contributed by atoms with Crippen molar-refractivity contribution in [1.29, 1.82) is 0 Å². The monoisotopic (exact) mass is 1040 g/mol. The largest absolute Gasteiger partial charge is 0.462 e. The van der Waals surface area contributed by atoms with Crippen LogP contribution in [0.1, 0.15) is 265 Å². The maximum absolute atomic E-state index is 12.8. The summed E-state index contributed by atoms with van der Waals surface area (Å²) in [4.78, 5) is 38.0. The van der Waals surface area contributed by atoms with E-state index in [4.69, 9.17) is 14.2 Å². The Labute approximate surface area is 462 Å². The highest BCUT2D eigenvalue weighted by atomic mass is 16.6. The molecule has 424 valence electrons. The lowest BCUT2D eigenvalue weighted by Crippen LogP contribution is -2.30. The number of hydrogen-bond donors (Lipinski definition) is 0. The van der Waals surface area contributed by atoms with Gasteiger partial charge in [0.2, 0.25) is 0 Å². The van der Waals surface area contributed by atoms with Crippen LogP contribution in [0.15, 0.2) is 134 Å². The molecule has 0 bridgehead atoms. The molecular weight excluding hydrogens is 925 g/mol. The molecule has 75 heavy (non-hydrogen) atoms. The third kappa shape index (κ3) is 60.3. The van der Waals surface area contributed by atoms with Gasteiger partial charge in [-0.3, -0.25) is 14.4 Å². The lowest BCUT2D eigenvalue weighted by molar-refractivity contribution is -0.167. The fraction of sp³-hybridized carbons (Fsp3) is 0.638. The van der Waals surface area contributed by atoms with E-state index < -0.39 is 6.10 Å². The van der Waals surface area contributed by atoms with E-state index in [9.17, 15) is 14.4 Å². The molecule has 0 aromatic heterocycles. The summed E-state index contributed by atoms with van der Waals surface area (Å²) in [5, 5.41) is 0. The third-order valence-electron chi connectivity index (χ3n) is 12.6. The molecule has 0 amide bonds. The summed E-state index contributed by atoms with van der Waals surface area (Å²) < 4.78 is 16.8. The van der Waals surface area contributed by atoms with Gasteiger partial charge in [-0.05, 0) is 122 Å². The van der Waals surface area contributed by atoms with Gasteiger partial charge in [0, 0.05) is 19.3 Å². The van der Waals surface area contributed by atoms with Crippen LogP contribution in [0.5, 0.6) is 0 Å². The van der Waals surface area contributed by atoms with Crippen LogP contribution in [0.2, 0.25) is 0 Å². The van der Waals surface area contributed by atoms with Crippen LogP contribution in [0.25, 0.3) is 0 Å². The van der Waals surface area contributed by atoms with Crippen molar-refractivity contribution in [2.24, 2.45) is 0 Å². The Morgan fingerprint density at radius 3 is 0.827 bits per heavy atom. The van der Waals surface area contributed by atoms with Crippen LogP contribution in [-0.4, -0.2) is 37.2 Å². The highest BCUT2D eigenvalue weighted by Gasteiger charge is 2.19. The Hall–Kier alpha value is -4.45. The average molecular weight is 1040 g/mol. The molecule has 0 aliphatic heterocycles. The second kappa shape index (κ2) is 62.1. The van der Waals surface area contributed by atoms with Crippen molar-refractivity contribution >= 4 is 17.9 Å². The number of allylic oxidation sites excluding steroid dienone is 22. The molecule has 6 heteroatoms. The van der Waals surface area contributed by atoms with E-state index in [0.29, 0.717) is 19.3 Å². The Morgan fingerprint density at radius 1 is 0.280 bits per heavy atom. The van der Waals surface area contributed by atoms with E-state index in [1.807, 2.05) is 0 Å². The van der Waals surface area contributed by atoms with Crippen molar-refractivity contribution in [3.63, 3.8) is 0 Å². The number of carbonyl (C=O) groups excluding carboxylic acids is 3. The Kier molecular flexibility index (Phi) is 58.4. The predicted molar refractivity (Wildman–Crippen MR) is 325 cm³/mol. The molecule has 0 saturated carbocycles. The van der Waals surface area contributed by atoms with Gasteiger partial charge in [0.15, 0.2) is 6.10 Å². The topological polar surface area (TPSA) is 78.9 Å². The minimum absolute atomic E-state index is 0.0917. The molecule has 0 rings (SSSR count). The van der Waals surface area contributed by atoms with E-state index in [1.165, 1.54) is 64.2 Å². The smallest absolute Gasteiger partial charge is 0.306 e. The standard InChI is InChI=1S/C69H112O6/c1-4-7-10-13-16-19-21-23-25-27-28-29-30-31-32-33-34-35-36-37-38-39-40-41-42-43-45-46-48-50-53-56-59-62-68(71)74-65-66(64-73-67(70)61-58-55-52-18-15-12-9-6-3)75-69(72)63-60-57-54-51-49-47-44-26-24-22-20-17-14-11-8-5-2/h7,10,16,19-20,22-23,25-26,28-29,31-32,34-35,37-38,40-41,43-45,66H,4-6,8-9,11-15,17-18,21,24,27,30,33,36,39,42,46-65H2,1-3H3/b10-7-,19-16-,22-20-,25-23-,29-28-,32-31-,35-34-,38-37-,41-40-,44-26-,45-43-. The maximum Gasteiger partial charge on any atom is 0.306 e. The molecule has 1 unspecified atom stereocenters. The SMILES string of the molecule is CC/C=C\C/C=C\C/C=C\C/C=C\C/C=C\C/C=C\C/C=C\C/C=C\C/C=C\CCCCCCCC(=O)OCC(COC(=O)CCCCCCCCCC)OC(=O)CCCCCCC/C=C\C/C=C\CCCCCC. The Bertz CT molecular complexity index is 1620. The summed E-state index contributed by atoms with van der Waals surface area (Å²) >= 11 is 0. The van der Waals surface area contributed by atoms with Crippen molar-refractivity contribution < 1.29 is 28.6 Å². The molecule has 1 atom stereocenters. The minimum atomic E-state index is -0.795. The van der Waals surface area contributed by atoms with Gasteiger partial charge in [0.1, 0.15) is 13.2 Å². The highest BCUT2D eigenvalue weighted by Crippen LogP contribution is 2.14. The molecule has 0 saturated heterocycles. The summed E-state index contributed by atoms with van der Waals surface area (Å²) in [6, 6.07) is 0. The summed E-state index contributed by atoms with van der Waals surface area (Å²) in [7, 11) is 0. The van der Waals surface area contributed by atoms with Crippen LogP contribution in [-0.2, 0) is 28.6 Å². The lowest BCUT2D eigenvalue weighted by atomic mass is 10.1. The first-order chi connectivity index (χ1) is 37.0. The number of unbranched alkanes of at least 4 members (excludes halogenated alkanes) is 21. The Balaban J connectivity index is 4.24. The van der Waals surface area contributed by atoms with Crippen LogP contribution in [0.4, 0.5) is 0 Å². The van der Waals surface area contributed by atoms with Crippen molar-refractivity contribution in [2.75, 3.05) is 13.2 Å². The van der Waals surface area contributed by atoms with Crippen LogP contribution in [0.3, 0.4) is 0 Å². The zero-order valence-electron chi connectivity index (χ0n) is 48.5. The molecular formula is C69H112O6. The molecule has 0 N–H and O–H groups in total. The fourth-order valence-corrected chi connectivity index (χ4v) is 8.05. The number of rotatable bonds is 54. The van der Waals surface area contributed by atoms with E-state index in [2.05, 4.69) is 154 Å². The first kappa shape index (κ1) is 70.5. The van der Waals surface area contributed by atoms with E-state index in [-0.39, 0.29) is 31.1 Å². The van der Waals surface area contributed by atoms with Gasteiger partial charge in [-0.15, -0.1) is 0 Å². The second-order valence-electron chi connectivity index (χ2n) is 19.9. The number of esters is 3. The molecule has 0 aromatic carbocycles. The zero-order chi connectivity index (χ0) is 54.3. The number of ether oxygens (including phenoxy) is 3. The van der Waals surface area contributed by atoms with Crippen LogP contribution >= 0.6 is 0 Å². The van der Waals surface area contributed by atoms with E-state index in [0.717, 1.165) is 161 Å². The fourth-order valence-electron chi connectivity index (χ4n) is 8.05. The Morgan fingerprint density at radius 2 is 0.520 bits per heavy atom. The van der Waals surface area contributed by atoms with Gasteiger partial charge in [-0.2, -0.15) is 0 Å². The normalized spacial score (nSPS) is 13.1. The maximum atomic E-state index is 12.8. The zero-order valence-corrected chi connectivity index (χ0v) is 48.5. The van der Waals surface area contributed by atoms with Gasteiger partial charge in [-0.1, -0.05) is 257 Å². The summed E-state index contributed by atoms with van der Waals surface area (Å²) in [6.45, 7) is 6.44. The number of hydrogen-bond acceptors (Lipinski definition) is 6. The third-order valence-corrected chi connectivity index (χ3v) is 12.6. The second-order valence-corrected chi connectivity index (χ2v) is 19.9. The summed E-state index contributed by atoms with van der Waals surface area (Å²) in [5.41, 5.74) is 0. The highest BCUT2D eigenvalue weighted by molar-refractivity contribution is 5.71. The van der Waals surface area contributed by atoms with Gasteiger partial charge < -0.3 is 14.2 Å². The first-order valence-corrected chi connectivity index (χ1v) is 30.7. The molecule has 0 radical (unpaired) electrons. The van der Waals surface area contributed by atoms with Gasteiger partial charge in [-0.25, -0.2) is 0 Å². The van der Waals surface area contributed by atoms with Crippen molar-refractivity contribution in [2.45, 2.75) is 271 Å². The van der Waals surface area contributed by atoms with Crippen molar-refractivity contribution in [1.82, 2.24) is 0 Å². The molecule has 0 aliphatic rings. The van der Waals surface area contributed by atoms with Crippen molar-refractivity contribution in [3.8, 4) is 0 Å². The predicted octanol–water partition coefficient (Wildman–Crippen LogP) is 21.0. The summed E-state index contributed by atoms with van der Waals surface area (Å²) in [6.07, 6.45) is 87.5. The quantitative estimate of drug-likeness (QED) is 0.0261. The van der Waals surface area contributed by atoms with Gasteiger partial charge >= 0.3 is 17.9 Å². The molecule has 0 aromatic rings. The van der Waals surface area contributed by atoms with Gasteiger partial charge in [0.25, 0.3) is 0 Å². The lowest BCUT2D eigenvalue weighted by Gasteiger charge is -2.18. The van der Waals surface area contributed by atoms with Crippen LogP contribution in [0, 0.1) is 0 Å². The molecule has 0 spiro atoms. The summed E-state index contributed by atoms with van der Waals surface area (Å²) in [5.74, 6) is -0.932. The molecule has 0 heterocycles. The van der Waals surface area contributed by atoms with Gasteiger partial charge in [0.05, 0.1) is 0 Å². The van der Waals surface area contributed by atoms with Crippen molar-refractivity contribution in [3.05, 3.63) is 134 Å². The average Bonchev–Trinajstić information content (AvgIpc) is 3.41. The van der Waals surface area contributed by atoms with E-state index in [1.54, 1.807) is 0 Å². The number of carbonyl (C=O) groups is 3. The molecule has 0 fully saturated rings. The van der Waals surface area contributed by atoms with E-state index >= 15 is 0 Å². The minimum Gasteiger partial charge on any atom is -0.462 e. The van der Waals surface area contributed by atoms with Crippen LogP contribution < -0.4 is 0 Å². The first-order valence-electron chi connectivity index (χ1n) is 30.7.